The van der Waals surface area contributed by atoms with E-state index in [1.807, 2.05) is 13.0 Å². The molecule has 2 aromatic heterocycles. The smallest absolute Gasteiger partial charge is 0.320 e. The van der Waals surface area contributed by atoms with Crippen molar-refractivity contribution in [1.82, 2.24) is 9.55 Å². The van der Waals surface area contributed by atoms with Crippen molar-refractivity contribution in [3.63, 3.8) is 0 Å². The minimum Gasteiger partial charge on any atom is -0.480 e. The lowest BCUT2D eigenvalue weighted by atomic mass is 9.95. The van der Waals surface area contributed by atoms with Gasteiger partial charge in [0.15, 0.2) is 0 Å². The Bertz CT molecular complexity index is 1080. The Labute approximate surface area is 154 Å². The largest absolute Gasteiger partial charge is 0.480 e. The van der Waals surface area contributed by atoms with E-state index < -0.39 is 12.0 Å². The van der Waals surface area contributed by atoms with Crippen LogP contribution in [0.3, 0.4) is 0 Å². The van der Waals surface area contributed by atoms with Crippen LogP contribution in [0, 0.1) is 6.92 Å². The summed E-state index contributed by atoms with van der Waals surface area (Å²) in [4.78, 5) is 28.3. The zero-order chi connectivity index (χ0) is 19.0. The summed E-state index contributed by atoms with van der Waals surface area (Å²) in [6.07, 6.45) is 1.79. The summed E-state index contributed by atoms with van der Waals surface area (Å²) in [5, 5.41) is 10.2. The summed E-state index contributed by atoms with van der Waals surface area (Å²) < 4.78 is 1.53. The molecule has 26 heavy (non-hydrogen) atoms. The van der Waals surface area contributed by atoms with Gasteiger partial charge in [-0.15, -0.1) is 0 Å². The molecule has 1 unspecified atom stereocenters. The molecule has 3 aromatic rings. The van der Waals surface area contributed by atoms with Crippen LogP contribution in [0.4, 0.5) is 0 Å². The average molecular weight is 372 g/mol. The number of nitrogens with two attached hydrogens (primary N) is 1. The molecule has 1 aromatic carbocycles. The van der Waals surface area contributed by atoms with Crippen molar-refractivity contribution in [2.45, 2.75) is 19.4 Å². The molecule has 134 valence electrons. The van der Waals surface area contributed by atoms with Gasteiger partial charge in [-0.25, -0.2) is 0 Å². The average Bonchev–Trinajstić information content (AvgIpc) is 2.61. The van der Waals surface area contributed by atoms with E-state index in [1.54, 1.807) is 37.5 Å². The minimum atomic E-state index is -1.07. The van der Waals surface area contributed by atoms with Crippen LogP contribution in [0.25, 0.3) is 22.0 Å². The zero-order valence-corrected chi connectivity index (χ0v) is 15.1. The molecule has 0 aliphatic carbocycles. The highest BCUT2D eigenvalue weighted by atomic mass is 35.5. The van der Waals surface area contributed by atoms with Crippen LogP contribution in [-0.2, 0) is 18.3 Å². The number of aliphatic carboxylic acids is 1. The number of pyridine rings is 2. The number of hydrogen-bond acceptors (Lipinski definition) is 4. The van der Waals surface area contributed by atoms with Gasteiger partial charge in [0.25, 0.3) is 5.56 Å². The number of aromatic nitrogens is 2. The summed E-state index contributed by atoms with van der Waals surface area (Å²) in [5.74, 6) is -1.07. The number of carboxylic acid groups (broad SMARTS) is 1. The number of carboxylic acids is 1. The second-order valence-electron chi connectivity index (χ2n) is 6.19. The van der Waals surface area contributed by atoms with Gasteiger partial charge in [0.2, 0.25) is 0 Å². The van der Waals surface area contributed by atoms with Gasteiger partial charge < -0.3 is 15.4 Å². The number of rotatable bonds is 4. The third kappa shape index (κ3) is 3.09. The number of halogens is 1. The molecule has 0 spiro atoms. The Balaban J connectivity index is 2.27. The van der Waals surface area contributed by atoms with Gasteiger partial charge in [-0.3, -0.25) is 14.6 Å². The normalized spacial score (nSPS) is 12.3. The molecule has 0 fully saturated rings. The minimum absolute atomic E-state index is 0.164. The molecule has 0 aliphatic heterocycles. The van der Waals surface area contributed by atoms with Crippen molar-refractivity contribution in [2.75, 3.05) is 0 Å². The molecule has 3 rings (SSSR count). The molecule has 6 nitrogen and oxygen atoms in total. The molecule has 0 saturated carbocycles. The maximum absolute atomic E-state index is 12.8. The van der Waals surface area contributed by atoms with E-state index in [0.717, 1.165) is 16.6 Å². The second kappa shape index (κ2) is 6.90. The summed E-state index contributed by atoms with van der Waals surface area (Å²) in [6, 6.07) is 7.84. The molecule has 2 heterocycles. The third-order valence-electron chi connectivity index (χ3n) is 4.51. The van der Waals surface area contributed by atoms with Crippen LogP contribution >= 0.6 is 11.6 Å². The monoisotopic (exact) mass is 371 g/mol. The number of hydrogen-bond donors (Lipinski definition) is 2. The van der Waals surface area contributed by atoms with Gasteiger partial charge in [0.05, 0.1) is 16.1 Å². The van der Waals surface area contributed by atoms with Crippen molar-refractivity contribution in [2.24, 2.45) is 12.8 Å². The highest BCUT2D eigenvalue weighted by Gasteiger charge is 2.19. The first-order chi connectivity index (χ1) is 12.3. The molecule has 0 saturated heterocycles. The first-order valence-corrected chi connectivity index (χ1v) is 8.40. The Morgan fingerprint density at radius 3 is 2.81 bits per heavy atom. The predicted molar refractivity (Wildman–Crippen MR) is 101 cm³/mol. The highest BCUT2D eigenvalue weighted by molar-refractivity contribution is 6.33. The Kier molecular flexibility index (Phi) is 4.80. The first kappa shape index (κ1) is 18.1. The van der Waals surface area contributed by atoms with Crippen LogP contribution in [0.2, 0.25) is 5.02 Å². The number of nitrogens with zero attached hydrogens (tertiary/aromatic N) is 2. The van der Waals surface area contributed by atoms with Crippen molar-refractivity contribution in [1.29, 1.82) is 0 Å². The lowest BCUT2D eigenvalue weighted by molar-refractivity contribution is -0.138. The van der Waals surface area contributed by atoms with E-state index in [0.29, 0.717) is 21.7 Å². The van der Waals surface area contributed by atoms with Crippen molar-refractivity contribution in [3.05, 3.63) is 63.2 Å². The van der Waals surface area contributed by atoms with Crippen molar-refractivity contribution < 1.29 is 9.90 Å². The number of fused-ring (bicyclic) bond motifs is 1. The molecule has 0 amide bonds. The van der Waals surface area contributed by atoms with Gasteiger partial charge in [-0.1, -0.05) is 29.8 Å². The summed E-state index contributed by atoms with van der Waals surface area (Å²) in [6.45, 7) is 1.81. The molecule has 0 bridgehead atoms. The second-order valence-corrected chi connectivity index (χ2v) is 6.60. The van der Waals surface area contributed by atoms with Crippen LogP contribution in [0.5, 0.6) is 0 Å². The Hall–Kier alpha value is -2.70. The van der Waals surface area contributed by atoms with E-state index in [4.69, 9.17) is 22.4 Å². The topological polar surface area (TPSA) is 98.2 Å². The van der Waals surface area contributed by atoms with E-state index in [-0.39, 0.29) is 12.0 Å². The Morgan fingerprint density at radius 2 is 2.12 bits per heavy atom. The first-order valence-electron chi connectivity index (χ1n) is 8.02. The Morgan fingerprint density at radius 1 is 1.38 bits per heavy atom. The van der Waals surface area contributed by atoms with E-state index >= 15 is 0 Å². The van der Waals surface area contributed by atoms with Gasteiger partial charge in [0, 0.05) is 29.9 Å². The van der Waals surface area contributed by atoms with Crippen LogP contribution in [0.15, 0.2) is 41.3 Å². The quantitative estimate of drug-likeness (QED) is 0.734. The molecule has 3 N–H and O–H groups in total. The van der Waals surface area contributed by atoms with Crippen LogP contribution < -0.4 is 11.3 Å². The van der Waals surface area contributed by atoms with Gasteiger partial charge in [-0.05, 0) is 31.0 Å². The van der Waals surface area contributed by atoms with E-state index in [1.165, 1.54) is 4.57 Å². The molecule has 0 aliphatic rings. The van der Waals surface area contributed by atoms with Crippen molar-refractivity contribution >= 4 is 28.5 Å². The molecule has 7 heteroatoms. The molecule has 1 atom stereocenters. The van der Waals surface area contributed by atoms with E-state index in [9.17, 15) is 9.59 Å². The standard InChI is InChI=1S/C19H18ClN3O3/c1-10-8-14(20)16(18(24)23(10)2)13-6-5-11(9-15(21)19(25)26)12-4-3-7-22-17(12)13/h3-8,15H,9,21H2,1-2H3,(H,25,26). The van der Waals surface area contributed by atoms with Gasteiger partial charge in [-0.2, -0.15) is 0 Å². The van der Waals surface area contributed by atoms with Gasteiger partial charge >= 0.3 is 5.97 Å². The third-order valence-corrected chi connectivity index (χ3v) is 4.81. The lowest BCUT2D eigenvalue weighted by Gasteiger charge is -2.14. The van der Waals surface area contributed by atoms with Crippen molar-refractivity contribution in [3.8, 4) is 11.1 Å². The van der Waals surface area contributed by atoms with E-state index in [2.05, 4.69) is 4.98 Å². The van der Waals surface area contributed by atoms with Gasteiger partial charge in [0.1, 0.15) is 6.04 Å². The summed E-state index contributed by atoms with van der Waals surface area (Å²) in [5.41, 5.74) is 8.55. The zero-order valence-electron chi connectivity index (χ0n) is 14.4. The number of aryl methyl sites for hydroxylation is 1. The van der Waals surface area contributed by atoms with Crippen LogP contribution in [-0.4, -0.2) is 26.7 Å². The number of benzene rings is 1. The fourth-order valence-corrected chi connectivity index (χ4v) is 3.30. The fourth-order valence-electron chi connectivity index (χ4n) is 2.96. The SMILES string of the molecule is Cc1cc(Cl)c(-c2ccc(CC(N)C(=O)O)c3cccnc23)c(=O)n1C. The van der Waals surface area contributed by atoms with Crippen LogP contribution in [0.1, 0.15) is 11.3 Å². The fraction of sp³-hybridized carbons (Fsp3) is 0.211. The lowest BCUT2D eigenvalue weighted by Crippen LogP contribution is -2.32. The predicted octanol–water partition coefficient (Wildman–Crippen LogP) is 2.52. The summed E-state index contributed by atoms with van der Waals surface area (Å²) >= 11 is 6.37. The molecule has 0 radical (unpaired) electrons. The number of carbonyl (C=O) groups is 1. The summed E-state index contributed by atoms with van der Waals surface area (Å²) in [7, 11) is 1.69. The maximum Gasteiger partial charge on any atom is 0.320 e. The molecular formula is C19H18ClN3O3. The maximum atomic E-state index is 12.8. The highest BCUT2D eigenvalue weighted by Crippen LogP contribution is 2.32. The molecular weight excluding hydrogens is 354 g/mol.